The third kappa shape index (κ3) is 4.09. The first-order chi connectivity index (χ1) is 10.1. The van der Waals surface area contributed by atoms with Crippen molar-refractivity contribution in [3.63, 3.8) is 0 Å². The van der Waals surface area contributed by atoms with Crippen LogP contribution in [0.2, 0.25) is 0 Å². The molecular formula is C12H17N5O4. The van der Waals surface area contributed by atoms with Gasteiger partial charge in [-0.15, -0.1) is 0 Å². The molecule has 0 aromatic carbocycles. The molecule has 0 atom stereocenters. The summed E-state index contributed by atoms with van der Waals surface area (Å²) in [5.41, 5.74) is -0.115. The van der Waals surface area contributed by atoms with E-state index in [0.29, 0.717) is 18.9 Å². The molecule has 2 rings (SSSR count). The summed E-state index contributed by atoms with van der Waals surface area (Å²) in [5, 5.41) is 10.6. The van der Waals surface area contributed by atoms with Crippen LogP contribution in [0.3, 0.4) is 0 Å². The summed E-state index contributed by atoms with van der Waals surface area (Å²) in [7, 11) is 1.38. The average Bonchev–Trinajstić information content (AvgIpc) is 2.53. The van der Waals surface area contributed by atoms with Gasteiger partial charge < -0.3 is 9.64 Å². The monoisotopic (exact) mass is 295 g/mol. The molecule has 0 saturated carbocycles. The number of esters is 1. The van der Waals surface area contributed by atoms with Crippen molar-refractivity contribution >= 4 is 17.6 Å². The van der Waals surface area contributed by atoms with Crippen LogP contribution < -0.4 is 4.90 Å². The summed E-state index contributed by atoms with van der Waals surface area (Å²) in [6.45, 7) is 3.69. The van der Waals surface area contributed by atoms with Crippen LogP contribution in [-0.2, 0) is 9.53 Å². The summed E-state index contributed by atoms with van der Waals surface area (Å²) in [6.07, 6.45) is 2.81. The number of carbonyl (C=O) groups excluding carboxylic acids is 1. The largest absolute Gasteiger partial charge is 0.469 e. The Morgan fingerprint density at radius 2 is 1.95 bits per heavy atom. The van der Waals surface area contributed by atoms with E-state index in [4.69, 9.17) is 0 Å². The molecule has 1 aliphatic rings. The van der Waals surface area contributed by atoms with Gasteiger partial charge in [0, 0.05) is 32.7 Å². The van der Waals surface area contributed by atoms with Crippen molar-refractivity contribution in [2.75, 3.05) is 44.7 Å². The highest BCUT2D eigenvalue weighted by Crippen LogP contribution is 2.14. The molecule has 21 heavy (non-hydrogen) atoms. The van der Waals surface area contributed by atoms with E-state index in [1.807, 2.05) is 4.90 Å². The van der Waals surface area contributed by atoms with E-state index in [9.17, 15) is 14.9 Å². The molecule has 9 nitrogen and oxygen atoms in total. The van der Waals surface area contributed by atoms with Gasteiger partial charge in [-0.3, -0.25) is 19.8 Å². The average molecular weight is 295 g/mol. The summed E-state index contributed by atoms with van der Waals surface area (Å²) >= 11 is 0. The predicted octanol–water partition coefficient (Wildman–Crippen LogP) is 0.0699. The van der Waals surface area contributed by atoms with Crippen molar-refractivity contribution in [3.05, 3.63) is 22.5 Å². The number of hydrogen-bond acceptors (Lipinski definition) is 8. The molecular weight excluding hydrogens is 278 g/mol. The van der Waals surface area contributed by atoms with Crippen LogP contribution in [-0.4, -0.2) is 65.6 Å². The highest BCUT2D eigenvalue weighted by molar-refractivity contribution is 5.69. The second kappa shape index (κ2) is 6.93. The van der Waals surface area contributed by atoms with E-state index in [-0.39, 0.29) is 11.7 Å². The summed E-state index contributed by atoms with van der Waals surface area (Å²) < 4.78 is 4.61. The molecule has 0 N–H and O–H groups in total. The Morgan fingerprint density at radius 3 is 2.48 bits per heavy atom. The minimum atomic E-state index is -0.519. The molecule has 0 bridgehead atoms. The Bertz CT molecular complexity index is 499. The van der Waals surface area contributed by atoms with Crippen molar-refractivity contribution in [3.8, 4) is 0 Å². The van der Waals surface area contributed by atoms with Gasteiger partial charge in [0.25, 0.3) is 0 Å². The van der Waals surface area contributed by atoms with E-state index in [0.717, 1.165) is 26.2 Å². The van der Waals surface area contributed by atoms with Crippen molar-refractivity contribution in [1.29, 1.82) is 0 Å². The lowest BCUT2D eigenvalue weighted by atomic mass is 10.3. The lowest BCUT2D eigenvalue weighted by Gasteiger charge is -2.34. The van der Waals surface area contributed by atoms with Gasteiger partial charge >= 0.3 is 11.7 Å². The summed E-state index contributed by atoms with van der Waals surface area (Å²) in [6, 6.07) is 0. The Kier molecular flexibility index (Phi) is 4.99. The van der Waals surface area contributed by atoms with Crippen LogP contribution >= 0.6 is 0 Å². The standard InChI is InChI=1S/C12H17N5O4/c1-21-11(18)2-3-15-4-6-16(7-5-15)12-13-8-10(9-14-12)17(19)20/h8-9H,2-7H2,1H3. The minimum Gasteiger partial charge on any atom is -0.469 e. The van der Waals surface area contributed by atoms with Gasteiger partial charge in [0.15, 0.2) is 0 Å². The number of aromatic nitrogens is 2. The van der Waals surface area contributed by atoms with Crippen molar-refractivity contribution in [2.24, 2.45) is 0 Å². The van der Waals surface area contributed by atoms with Crippen LogP contribution in [0, 0.1) is 10.1 Å². The van der Waals surface area contributed by atoms with E-state index in [1.54, 1.807) is 0 Å². The normalized spacial score (nSPS) is 15.8. The smallest absolute Gasteiger partial charge is 0.306 e. The fourth-order valence-corrected chi connectivity index (χ4v) is 2.09. The molecule has 0 spiro atoms. The Balaban J connectivity index is 1.83. The van der Waals surface area contributed by atoms with Crippen LogP contribution in [0.4, 0.5) is 11.6 Å². The Hall–Kier alpha value is -2.29. The van der Waals surface area contributed by atoms with Crippen LogP contribution in [0.25, 0.3) is 0 Å². The maximum Gasteiger partial charge on any atom is 0.306 e. The Labute approximate surface area is 121 Å². The number of carbonyl (C=O) groups is 1. The van der Waals surface area contributed by atoms with E-state index >= 15 is 0 Å². The number of nitrogens with zero attached hydrogens (tertiary/aromatic N) is 5. The molecule has 9 heteroatoms. The topological polar surface area (TPSA) is 102 Å². The molecule has 1 aromatic heterocycles. The van der Waals surface area contributed by atoms with Crippen molar-refractivity contribution < 1.29 is 14.5 Å². The number of piperazine rings is 1. The third-order valence-corrected chi connectivity index (χ3v) is 3.35. The first-order valence-electron chi connectivity index (χ1n) is 6.60. The van der Waals surface area contributed by atoms with E-state index in [1.165, 1.54) is 19.5 Å². The molecule has 1 aromatic rings. The molecule has 2 heterocycles. The fourth-order valence-electron chi connectivity index (χ4n) is 2.09. The Morgan fingerprint density at radius 1 is 1.33 bits per heavy atom. The summed E-state index contributed by atoms with van der Waals surface area (Å²) in [5.74, 6) is 0.282. The van der Waals surface area contributed by atoms with Crippen LogP contribution in [0.1, 0.15) is 6.42 Å². The lowest BCUT2D eigenvalue weighted by molar-refractivity contribution is -0.385. The van der Waals surface area contributed by atoms with E-state index < -0.39 is 4.92 Å². The van der Waals surface area contributed by atoms with Crippen LogP contribution in [0.5, 0.6) is 0 Å². The van der Waals surface area contributed by atoms with Gasteiger partial charge in [0.05, 0.1) is 18.5 Å². The van der Waals surface area contributed by atoms with E-state index in [2.05, 4.69) is 19.6 Å². The van der Waals surface area contributed by atoms with Crippen molar-refractivity contribution in [1.82, 2.24) is 14.9 Å². The molecule has 0 amide bonds. The van der Waals surface area contributed by atoms with Gasteiger partial charge in [0.2, 0.25) is 5.95 Å². The fraction of sp³-hybridized carbons (Fsp3) is 0.583. The predicted molar refractivity (Wildman–Crippen MR) is 74.0 cm³/mol. The molecule has 114 valence electrons. The molecule has 1 aliphatic heterocycles. The second-order valence-electron chi connectivity index (χ2n) is 4.65. The third-order valence-electron chi connectivity index (χ3n) is 3.35. The second-order valence-corrected chi connectivity index (χ2v) is 4.65. The number of ether oxygens (including phenoxy) is 1. The zero-order valence-electron chi connectivity index (χ0n) is 11.8. The number of anilines is 1. The first-order valence-corrected chi connectivity index (χ1v) is 6.60. The quantitative estimate of drug-likeness (QED) is 0.427. The number of rotatable bonds is 5. The number of nitro groups is 1. The van der Waals surface area contributed by atoms with Gasteiger partial charge in [-0.25, -0.2) is 9.97 Å². The van der Waals surface area contributed by atoms with Gasteiger partial charge in [0.1, 0.15) is 12.4 Å². The van der Waals surface area contributed by atoms with Gasteiger partial charge in [-0.2, -0.15) is 0 Å². The maximum atomic E-state index is 11.1. The van der Waals surface area contributed by atoms with Crippen molar-refractivity contribution in [2.45, 2.75) is 6.42 Å². The minimum absolute atomic E-state index is 0.115. The highest BCUT2D eigenvalue weighted by atomic mass is 16.6. The zero-order valence-corrected chi connectivity index (χ0v) is 11.8. The SMILES string of the molecule is COC(=O)CCN1CCN(c2ncc([N+](=O)[O-])cn2)CC1. The highest BCUT2D eigenvalue weighted by Gasteiger charge is 2.20. The number of hydrogen-bond donors (Lipinski definition) is 0. The van der Waals surface area contributed by atoms with Crippen LogP contribution in [0.15, 0.2) is 12.4 Å². The molecule has 0 radical (unpaired) electrons. The van der Waals surface area contributed by atoms with Gasteiger partial charge in [-0.1, -0.05) is 0 Å². The molecule has 0 aliphatic carbocycles. The van der Waals surface area contributed by atoms with Gasteiger partial charge in [-0.05, 0) is 0 Å². The summed E-state index contributed by atoms with van der Waals surface area (Å²) in [4.78, 5) is 33.3. The lowest BCUT2D eigenvalue weighted by Crippen LogP contribution is -2.47. The maximum absolute atomic E-state index is 11.1. The number of methoxy groups -OCH3 is 1. The first kappa shape index (κ1) is 15.1. The molecule has 1 saturated heterocycles. The zero-order chi connectivity index (χ0) is 15.2. The molecule has 1 fully saturated rings. The molecule has 0 unspecified atom stereocenters.